The first-order chi connectivity index (χ1) is 6.56. The summed E-state index contributed by atoms with van der Waals surface area (Å²) in [5.41, 5.74) is 5.78. The van der Waals surface area contributed by atoms with Crippen molar-refractivity contribution in [1.29, 1.82) is 0 Å². The molecule has 0 aromatic heterocycles. The molecule has 1 rings (SSSR count). The molecule has 1 aromatic rings. The van der Waals surface area contributed by atoms with Gasteiger partial charge in [0.1, 0.15) is 16.5 Å². The molecule has 0 fully saturated rings. The normalized spacial score (nSPS) is 12.9. The Kier molecular flexibility index (Phi) is 3.40. The molecule has 0 bridgehead atoms. The third-order valence-corrected chi connectivity index (χ3v) is 2.66. The SMILES string of the molecule is COc1cc(N)ccc1S(=O)C(F)F. The van der Waals surface area contributed by atoms with Gasteiger partial charge in [-0.3, -0.25) is 0 Å². The van der Waals surface area contributed by atoms with Crippen molar-refractivity contribution in [3.05, 3.63) is 18.2 Å². The second-order valence-corrected chi connectivity index (χ2v) is 3.86. The van der Waals surface area contributed by atoms with Gasteiger partial charge in [-0.25, -0.2) is 4.21 Å². The summed E-state index contributed by atoms with van der Waals surface area (Å²) in [6, 6.07) is 4.03. The van der Waals surface area contributed by atoms with Crippen LogP contribution in [0, 0.1) is 0 Å². The van der Waals surface area contributed by atoms with E-state index in [1.165, 1.54) is 25.3 Å². The fourth-order valence-electron chi connectivity index (χ4n) is 0.946. The van der Waals surface area contributed by atoms with E-state index in [-0.39, 0.29) is 10.6 Å². The van der Waals surface area contributed by atoms with Gasteiger partial charge in [0.15, 0.2) is 0 Å². The Morgan fingerprint density at radius 1 is 1.50 bits per heavy atom. The minimum atomic E-state index is -2.92. The van der Waals surface area contributed by atoms with Crippen molar-refractivity contribution in [2.75, 3.05) is 12.8 Å². The second kappa shape index (κ2) is 4.36. The summed E-state index contributed by atoms with van der Waals surface area (Å²) in [6.07, 6.45) is 0. The lowest BCUT2D eigenvalue weighted by molar-refractivity contribution is 0.243. The van der Waals surface area contributed by atoms with E-state index in [0.717, 1.165) is 0 Å². The van der Waals surface area contributed by atoms with Gasteiger partial charge in [0, 0.05) is 11.8 Å². The monoisotopic (exact) mass is 221 g/mol. The van der Waals surface area contributed by atoms with Crippen molar-refractivity contribution in [2.45, 2.75) is 10.7 Å². The molecule has 2 N–H and O–H groups in total. The van der Waals surface area contributed by atoms with E-state index in [9.17, 15) is 13.0 Å². The molecule has 14 heavy (non-hydrogen) atoms. The van der Waals surface area contributed by atoms with Crippen molar-refractivity contribution in [1.82, 2.24) is 0 Å². The lowest BCUT2D eigenvalue weighted by Gasteiger charge is -2.07. The number of nitrogen functional groups attached to an aromatic ring is 1. The molecule has 0 aliphatic rings. The molecular formula is C8H9F2NO2S. The Morgan fingerprint density at radius 3 is 2.64 bits per heavy atom. The maximum atomic E-state index is 12.1. The first-order valence-corrected chi connectivity index (χ1v) is 4.89. The lowest BCUT2D eigenvalue weighted by Crippen LogP contribution is -2.05. The second-order valence-electron chi connectivity index (χ2n) is 2.47. The van der Waals surface area contributed by atoms with Crippen LogP contribution in [0.25, 0.3) is 0 Å². The highest BCUT2D eigenvalue weighted by Gasteiger charge is 2.19. The van der Waals surface area contributed by atoms with Crippen molar-refractivity contribution in [2.24, 2.45) is 0 Å². The Bertz CT molecular complexity index is 357. The van der Waals surface area contributed by atoms with E-state index in [4.69, 9.17) is 10.5 Å². The third-order valence-electron chi connectivity index (χ3n) is 1.57. The maximum absolute atomic E-state index is 12.1. The van der Waals surface area contributed by atoms with E-state index in [1.807, 2.05) is 0 Å². The first-order valence-electron chi connectivity index (χ1n) is 3.68. The summed E-state index contributed by atoms with van der Waals surface area (Å²) < 4.78 is 40.2. The smallest absolute Gasteiger partial charge is 0.316 e. The predicted octanol–water partition coefficient (Wildman–Crippen LogP) is 1.61. The number of hydrogen-bond donors (Lipinski definition) is 1. The van der Waals surface area contributed by atoms with E-state index < -0.39 is 16.6 Å². The third kappa shape index (κ3) is 2.20. The number of alkyl halides is 2. The zero-order valence-electron chi connectivity index (χ0n) is 7.37. The van der Waals surface area contributed by atoms with E-state index in [0.29, 0.717) is 5.69 Å². The Morgan fingerprint density at radius 2 is 2.14 bits per heavy atom. The molecule has 1 unspecified atom stereocenters. The van der Waals surface area contributed by atoms with Crippen LogP contribution >= 0.6 is 0 Å². The number of halogens is 2. The van der Waals surface area contributed by atoms with Gasteiger partial charge in [0.25, 0.3) is 0 Å². The van der Waals surface area contributed by atoms with Crippen LogP contribution in [-0.4, -0.2) is 17.1 Å². The zero-order chi connectivity index (χ0) is 10.7. The van der Waals surface area contributed by atoms with Crippen LogP contribution < -0.4 is 10.5 Å². The Hall–Kier alpha value is -1.17. The number of ether oxygens (including phenoxy) is 1. The standard InChI is InChI=1S/C8H9F2NO2S/c1-13-6-4-5(11)2-3-7(6)14(12)8(9)10/h2-4,8H,11H2,1H3. The van der Waals surface area contributed by atoms with E-state index in [2.05, 4.69) is 0 Å². The van der Waals surface area contributed by atoms with Crippen molar-refractivity contribution in [3.8, 4) is 5.75 Å². The summed E-state index contributed by atoms with van der Waals surface area (Å²) in [5.74, 6) is -2.81. The van der Waals surface area contributed by atoms with Crippen molar-refractivity contribution < 1.29 is 17.7 Å². The van der Waals surface area contributed by atoms with Crippen molar-refractivity contribution in [3.63, 3.8) is 0 Å². The van der Waals surface area contributed by atoms with Crippen LogP contribution in [0.15, 0.2) is 23.1 Å². The predicted molar refractivity (Wildman–Crippen MR) is 49.8 cm³/mol. The first kappa shape index (κ1) is 10.9. The Labute approximate surface area is 82.3 Å². The summed E-state index contributed by atoms with van der Waals surface area (Å²) in [5, 5.41) is 0. The lowest BCUT2D eigenvalue weighted by atomic mass is 10.3. The van der Waals surface area contributed by atoms with Crippen molar-refractivity contribution >= 4 is 16.5 Å². The number of rotatable bonds is 3. The summed E-state index contributed by atoms with van der Waals surface area (Å²) in [7, 11) is -1.06. The van der Waals surface area contributed by atoms with Gasteiger partial charge in [-0.05, 0) is 12.1 Å². The fourth-order valence-corrected chi connectivity index (χ4v) is 1.68. The van der Waals surface area contributed by atoms with Gasteiger partial charge in [-0.1, -0.05) is 0 Å². The quantitative estimate of drug-likeness (QED) is 0.789. The van der Waals surface area contributed by atoms with E-state index in [1.54, 1.807) is 0 Å². The number of methoxy groups -OCH3 is 1. The molecule has 0 heterocycles. The van der Waals surface area contributed by atoms with Crippen LogP contribution in [0.5, 0.6) is 5.75 Å². The van der Waals surface area contributed by atoms with Crippen LogP contribution in [0.4, 0.5) is 14.5 Å². The van der Waals surface area contributed by atoms with Gasteiger partial charge in [-0.2, -0.15) is 8.78 Å². The number of benzene rings is 1. The molecule has 0 spiro atoms. The average Bonchev–Trinajstić information content (AvgIpc) is 2.16. The molecule has 0 aliphatic carbocycles. The topological polar surface area (TPSA) is 52.3 Å². The highest BCUT2D eigenvalue weighted by Crippen LogP contribution is 2.27. The largest absolute Gasteiger partial charge is 0.495 e. The molecule has 1 aromatic carbocycles. The van der Waals surface area contributed by atoms with Gasteiger partial charge < -0.3 is 10.5 Å². The van der Waals surface area contributed by atoms with E-state index >= 15 is 0 Å². The molecule has 0 saturated heterocycles. The van der Waals surface area contributed by atoms with Gasteiger partial charge in [0.05, 0.1) is 12.0 Å². The average molecular weight is 221 g/mol. The number of anilines is 1. The number of nitrogens with two attached hydrogens (primary N) is 1. The van der Waals surface area contributed by atoms with Gasteiger partial charge in [0.2, 0.25) is 0 Å². The molecule has 0 saturated carbocycles. The molecule has 0 radical (unpaired) electrons. The maximum Gasteiger partial charge on any atom is 0.316 e. The zero-order valence-corrected chi connectivity index (χ0v) is 8.18. The molecule has 78 valence electrons. The van der Waals surface area contributed by atoms with Crippen LogP contribution in [0.1, 0.15) is 0 Å². The van der Waals surface area contributed by atoms with Crippen LogP contribution in [0.3, 0.4) is 0 Å². The molecule has 1 atom stereocenters. The number of hydrogen-bond acceptors (Lipinski definition) is 3. The van der Waals surface area contributed by atoms with Crippen LogP contribution in [0.2, 0.25) is 0 Å². The molecule has 3 nitrogen and oxygen atoms in total. The molecule has 0 aliphatic heterocycles. The highest BCUT2D eigenvalue weighted by molar-refractivity contribution is 7.85. The Balaban J connectivity index is 3.14. The molecule has 6 heteroatoms. The summed E-state index contributed by atoms with van der Waals surface area (Å²) in [6.45, 7) is 0. The summed E-state index contributed by atoms with van der Waals surface area (Å²) >= 11 is 0. The fraction of sp³-hybridized carbons (Fsp3) is 0.250. The molecular weight excluding hydrogens is 212 g/mol. The minimum Gasteiger partial charge on any atom is -0.495 e. The molecule has 0 amide bonds. The van der Waals surface area contributed by atoms with Gasteiger partial charge >= 0.3 is 5.76 Å². The van der Waals surface area contributed by atoms with Crippen LogP contribution in [-0.2, 0) is 10.8 Å². The summed E-state index contributed by atoms with van der Waals surface area (Å²) in [4.78, 5) is -0.0447. The minimum absolute atomic E-state index is 0.0447. The van der Waals surface area contributed by atoms with Gasteiger partial charge in [-0.15, -0.1) is 0 Å². The highest BCUT2D eigenvalue weighted by atomic mass is 32.2.